The summed E-state index contributed by atoms with van der Waals surface area (Å²) in [7, 11) is 0. The van der Waals surface area contributed by atoms with Gasteiger partial charge in [-0.1, -0.05) is 0 Å². The number of thioether (sulfide) groups is 1. The highest BCUT2D eigenvalue weighted by molar-refractivity contribution is 7.98. The molecule has 0 saturated heterocycles. The summed E-state index contributed by atoms with van der Waals surface area (Å²) in [5.41, 5.74) is 11.8. The molecule has 3 rings (SSSR count). The average Bonchev–Trinajstić information content (AvgIpc) is 3.12. The molecule has 0 unspecified atom stereocenters. The van der Waals surface area contributed by atoms with Gasteiger partial charge in [0.25, 0.3) is 5.69 Å². The predicted molar refractivity (Wildman–Crippen MR) is 95.9 cm³/mol. The van der Waals surface area contributed by atoms with Gasteiger partial charge in [-0.3, -0.25) is 10.1 Å². The summed E-state index contributed by atoms with van der Waals surface area (Å²) in [5.74, 6) is 1.03. The average molecular weight is 368 g/mol. The van der Waals surface area contributed by atoms with Crippen LogP contribution in [0.1, 0.15) is 11.3 Å². The van der Waals surface area contributed by atoms with Gasteiger partial charge in [0.2, 0.25) is 5.95 Å². The summed E-state index contributed by atoms with van der Waals surface area (Å²) in [6.07, 6.45) is 1.56. The lowest BCUT2D eigenvalue weighted by atomic mass is 10.1. The van der Waals surface area contributed by atoms with Crippen LogP contribution in [-0.4, -0.2) is 14.9 Å². The van der Waals surface area contributed by atoms with Crippen molar-refractivity contribution in [1.82, 2.24) is 9.97 Å². The van der Waals surface area contributed by atoms with E-state index in [0.29, 0.717) is 16.2 Å². The highest BCUT2D eigenvalue weighted by Gasteiger charge is 2.20. The maximum atomic E-state index is 11.2. The van der Waals surface area contributed by atoms with Gasteiger partial charge in [-0.15, -0.1) is 11.8 Å². The zero-order valence-corrected chi connectivity index (χ0v) is 14.1. The lowest BCUT2D eigenvalue weighted by Gasteiger charge is -2.11. The van der Waals surface area contributed by atoms with Gasteiger partial charge in [0.15, 0.2) is 0 Å². The predicted octanol–water partition coefficient (Wildman–Crippen LogP) is 2.97. The van der Waals surface area contributed by atoms with Gasteiger partial charge in [-0.25, -0.2) is 4.98 Å². The number of hydrogen-bond donors (Lipinski definition) is 2. The molecule has 2 aromatic heterocycles. The van der Waals surface area contributed by atoms with Crippen LogP contribution in [0.2, 0.25) is 0 Å². The number of aromatic nitrogens is 2. The molecule has 0 spiro atoms. The Morgan fingerprint density at radius 2 is 2.12 bits per heavy atom. The second-order valence-corrected chi connectivity index (χ2v) is 6.13. The maximum Gasteiger partial charge on any atom is 0.270 e. The van der Waals surface area contributed by atoms with Crippen LogP contribution in [0.15, 0.2) is 45.9 Å². The number of nitriles is 1. The van der Waals surface area contributed by atoms with Gasteiger partial charge < -0.3 is 15.9 Å². The number of nitro groups is 1. The molecule has 130 valence electrons. The largest absolute Gasteiger partial charge is 0.468 e. The van der Waals surface area contributed by atoms with Crippen LogP contribution < -0.4 is 11.5 Å². The zero-order valence-electron chi connectivity index (χ0n) is 13.2. The van der Waals surface area contributed by atoms with Crippen molar-refractivity contribution in [3.05, 3.63) is 58.0 Å². The first kappa shape index (κ1) is 17.2. The van der Waals surface area contributed by atoms with Crippen molar-refractivity contribution in [2.24, 2.45) is 0 Å². The minimum absolute atomic E-state index is 0.0135. The molecule has 0 aliphatic rings. The zero-order chi connectivity index (χ0) is 18.7. The van der Waals surface area contributed by atoms with Crippen molar-refractivity contribution in [3.63, 3.8) is 0 Å². The van der Waals surface area contributed by atoms with Crippen LogP contribution in [0.25, 0.3) is 11.3 Å². The molecule has 4 N–H and O–H groups in total. The summed E-state index contributed by atoms with van der Waals surface area (Å²) in [5, 5.41) is 20.6. The Morgan fingerprint density at radius 3 is 2.77 bits per heavy atom. The number of anilines is 2. The molecule has 9 nitrogen and oxygen atoms in total. The number of hydrogen-bond acceptors (Lipinski definition) is 9. The number of nitrogens with two attached hydrogens (primary N) is 2. The minimum atomic E-state index is -0.523. The van der Waals surface area contributed by atoms with Crippen LogP contribution >= 0.6 is 11.8 Å². The first-order valence-corrected chi connectivity index (χ1v) is 8.25. The van der Waals surface area contributed by atoms with Gasteiger partial charge in [-0.05, 0) is 18.2 Å². The molecule has 26 heavy (non-hydrogen) atoms. The Morgan fingerprint density at radius 1 is 1.31 bits per heavy atom. The van der Waals surface area contributed by atoms with E-state index in [-0.39, 0.29) is 28.7 Å². The number of benzene rings is 1. The molecule has 3 aromatic rings. The Kier molecular flexibility index (Phi) is 4.72. The molecule has 0 atom stereocenters. The monoisotopic (exact) mass is 368 g/mol. The SMILES string of the molecule is N#Cc1c(N)nc(N)nc1-c1cc([N+](=O)[O-])ccc1SCc1ccco1. The van der Waals surface area contributed by atoms with E-state index in [9.17, 15) is 15.4 Å². The fraction of sp³-hybridized carbons (Fsp3) is 0.0625. The van der Waals surface area contributed by atoms with Crippen molar-refractivity contribution in [1.29, 1.82) is 5.26 Å². The second-order valence-electron chi connectivity index (χ2n) is 5.11. The number of rotatable bonds is 5. The minimum Gasteiger partial charge on any atom is -0.468 e. The third-order valence-corrected chi connectivity index (χ3v) is 4.54. The highest BCUT2D eigenvalue weighted by Crippen LogP contribution is 2.37. The van der Waals surface area contributed by atoms with Crippen molar-refractivity contribution >= 4 is 29.2 Å². The van der Waals surface area contributed by atoms with Gasteiger partial charge in [0, 0.05) is 22.6 Å². The first-order valence-electron chi connectivity index (χ1n) is 7.26. The number of nitrogen functional groups attached to an aromatic ring is 2. The molecule has 1 aromatic carbocycles. The molecule has 2 heterocycles. The first-order chi connectivity index (χ1) is 12.5. The summed E-state index contributed by atoms with van der Waals surface area (Å²) in [4.78, 5) is 19.2. The van der Waals surface area contributed by atoms with Crippen LogP contribution in [0, 0.1) is 21.4 Å². The van der Waals surface area contributed by atoms with E-state index in [1.165, 1.54) is 23.9 Å². The van der Waals surface area contributed by atoms with Gasteiger partial charge in [-0.2, -0.15) is 10.2 Å². The molecule has 0 radical (unpaired) electrons. The molecule has 0 amide bonds. The molecule has 0 aliphatic carbocycles. The lowest BCUT2D eigenvalue weighted by Crippen LogP contribution is -2.05. The van der Waals surface area contributed by atoms with Crippen LogP contribution in [-0.2, 0) is 5.75 Å². The van der Waals surface area contributed by atoms with Crippen LogP contribution in [0.3, 0.4) is 0 Å². The Balaban J connectivity index is 2.13. The molecule has 0 saturated carbocycles. The Hall–Kier alpha value is -3.58. The number of furan rings is 1. The van der Waals surface area contributed by atoms with Gasteiger partial charge in [0.05, 0.1) is 22.6 Å². The van der Waals surface area contributed by atoms with E-state index in [2.05, 4.69) is 9.97 Å². The summed E-state index contributed by atoms with van der Waals surface area (Å²) in [6, 6.07) is 9.84. The highest BCUT2D eigenvalue weighted by atomic mass is 32.2. The Bertz CT molecular complexity index is 1010. The van der Waals surface area contributed by atoms with E-state index in [4.69, 9.17) is 15.9 Å². The third kappa shape index (κ3) is 3.42. The van der Waals surface area contributed by atoms with Crippen molar-refractivity contribution < 1.29 is 9.34 Å². The normalized spacial score (nSPS) is 10.4. The summed E-state index contributed by atoms with van der Waals surface area (Å²) in [6.45, 7) is 0. The lowest BCUT2D eigenvalue weighted by molar-refractivity contribution is -0.384. The summed E-state index contributed by atoms with van der Waals surface area (Å²) >= 11 is 1.38. The topological polar surface area (TPSA) is 158 Å². The second kappa shape index (κ2) is 7.12. The van der Waals surface area contributed by atoms with Crippen molar-refractivity contribution in [3.8, 4) is 17.3 Å². The quantitative estimate of drug-likeness (QED) is 0.392. The van der Waals surface area contributed by atoms with Gasteiger partial charge in [0.1, 0.15) is 23.2 Å². The van der Waals surface area contributed by atoms with Gasteiger partial charge >= 0.3 is 0 Å². The smallest absolute Gasteiger partial charge is 0.270 e. The third-order valence-electron chi connectivity index (χ3n) is 3.45. The standard InChI is InChI=1S/C16H12N6O3S/c17-7-12-14(20-16(19)21-15(12)18)11-6-9(22(23)24)3-4-13(11)26-8-10-2-1-5-25-10/h1-6H,8H2,(H4,18,19,20,21). The molecular formula is C16H12N6O3S. The number of non-ortho nitro benzene ring substituents is 1. The molecule has 10 heteroatoms. The van der Waals surface area contributed by atoms with E-state index < -0.39 is 4.92 Å². The molecule has 0 bridgehead atoms. The van der Waals surface area contributed by atoms with Crippen molar-refractivity contribution in [2.45, 2.75) is 10.6 Å². The molecule has 0 aliphatic heterocycles. The van der Waals surface area contributed by atoms with Crippen LogP contribution in [0.4, 0.5) is 17.5 Å². The Labute approximate surface area is 151 Å². The summed E-state index contributed by atoms with van der Waals surface area (Å²) < 4.78 is 5.30. The number of nitro benzene ring substituents is 1. The van der Waals surface area contributed by atoms with E-state index in [0.717, 1.165) is 5.76 Å². The fourth-order valence-corrected chi connectivity index (χ4v) is 3.22. The van der Waals surface area contributed by atoms with Crippen LogP contribution in [0.5, 0.6) is 0 Å². The number of nitrogens with zero attached hydrogens (tertiary/aromatic N) is 4. The van der Waals surface area contributed by atoms with E-state index in [1.807, 2.05) is 12.1 Å². The van der Waals surface area contributed by atoms with E-state index >= 15 is 0 Å². The molecule has 0 fully saturated rings. The maximum absolute atomic E-state index is 11.2. The fourth-order valence-electron chi connectivity index (χ4n) is 2.29. The van der Waals surface area contributed by atoms with E-state index in [1.54, 1.807) is 18.4 Å². The molecular weight excluding hydrogens is 356 g/mol. The van der Waals surface area contributed by atoms with Crippen molar-refractivity contribution in [2.75, 3.05) is 11.5 Å².